The summed E-state index contributed by atoms with van der Waals surface area (Å²) >= 11 is 0. The fraction of sp³-hybridized carbons (Fsp3) is 0.318. The number of benzene rings is 1. The molecule has 1 atom stereocenters. The van der Waals surface area contributed by atoms with E-state index in [1.165, 1.54) is 0 Å². The van der Waals surface area contributed by atoms with E-state index in [-0.39, 0.29) is 6.10 Å². The van der Waals surface area contributed by atoms with Crippen LogP contribution < -0.4 is 9.47 Å². The Bertz CT molecular complexity index is 1260. The second-order valence-corrected chi connectivity index (χ2v) is 7.68. The van der Waals surface area contributed by atoms with Gasteiger partial charge in [-0.1, -0.05) is 6.07 Å². The predicted molar refractivity (Wildman–Crippen MR) is 115 cm³/mol. The lowest BCUT2D eigenvalue weighted by Crippen LogP contribution is -2.18. The van der Waals surface area contributed by atoms with Gasteiger partial charge < -0.3 is 9.47 Å². The Morgan fingerprint density at radius 1 is 1.13 bits per heavy atom. The van der Waals surface area contributed by atoms with E-state index in [0.717, 1.165) is 57.2 Å². The van der Waals surface area contributed by atoms with Gasteiger partial charge in [-0.05, 0) is 43.7 Å². The van der Waals surface area contributed by atoms with E-state index in [4.69, 9.17) is 9.47 Å². The molecular formula is C22H24N6O2. The topological polar surface area (TPSA) is 82.8 Å². The van der Waals surface area contributed by atoms with Crippen LogP contribution in [-0.4, -0.2) is 42.5 Å². The van der Waals surface area contributed by atoms with Crippen LogP contribution in [0, 0.1) is 6.92 Å². The minimum Gasteiger partial charge on any atom is -0.477 e. The molecule has 0 aliphatic carbocycles. The van der Waals surface area contributed by atoms with Crippen molar-refractivity contribution in [2.45, 2.75) is 26.4 Å². The Hall–Kier alpha value is -3.55. The smallest absolute Gasteiger partial charge is 0.219 e. The number of rotatable bonds is 0. The van der Waals surface area contributed by atoms with Gasteiger partial charge in [-0.15, -0.1) is 0 Å². The molecule has 154 valence electrons. The van der Waals surface area contributed by atoms with Gasteiger partial charge in [0.2, 0.25) is 11.8 Å². The number of aromatic nitrogens is 6. The van der Waals surface area contributed by atoms with E-state index in [1.54, 1.807) is 9.36 Å². The predicted octanol–water partition coefficient (Wildman–Crippen LogP) is 3.73. The Balaban J connectivity index is 1.68. The SMILES string of the molecule is Cc1nn(C)c2c1/C=C/c1n[nH]c3ccc(cc13)-c1cnn(C)c1O[C@@H](C)CCO2. The molecule has 1 aliphatic rings. The molecule has 30 heavy (non-hydrogen) atoms. The van der Waals surface area contributed by atoms with Crippen molar-refractivity contribution in [2.75, 3.05) is 6.61 Å². The molecular weight excluding hydrogens is 380 g/mol. The van der Waals surface area contributed by atoms with Crippen molar-refractivity contribution in [3.8, 4) is 22.9 Å². The number of aromatic amines is 1. The van der Waals surface area contributed by atoms with Crippen molar-refractivity contribution in [2.24, 2.45) is 14.1 Å². The maximum absolute atomic E-state index is 6.27. The first kappa shape index (κ1) is 18.5. The first-order valence-electron chi connectivity index (χ1n) is 10.0. The van der Waals surface area contributed by atoms with Crippen LogP contribution in [0.1, 0.15) is 30.3 Å². The maximum Gasteiger partial charge on any atom is 0.219 e. The molecule has 5 rings (SSSR count). The van der Waals surface area contributed by atoms with E-state index in [9.17, 15) is 0 Å². The molecule has 8 heteroatoms. The highest BCUT2D eigenvalue weighted by molar-refractivity contribution is 5.93. The third-order valence-corrected chi connectivity index (χ3v) is 5.49. The summed E-state index contributed by atoms with van der Waals surface area (Å²) < 4.78 is 15.9. The fourth-order valence-electron chi connectivity index (χ4n) is 3.84. The lowest BCUT2D eigenvalue weighted by atomic mass is 10.1. The van der Waals surface area contributed by atoms with Gasteiger partial charge >= 0.3 is 0 Å². The molecule has 1 aliphatic heterocycles. The van der Waals surface area contributed by atoms with Gasteiger partial charge in [-0.3, -0.25) is 5.10 Å². The molecule has 0 unspecified atom stereocenters. The lowest BCUT2D eigenvalue weighted by molar-refractivity contribution is 0.161. The second kappa shape index (κ2) is 7.05. The summed E-state index contributed by atoms with van der Waals surface area (Å²) in [6.07, 6.45) is 6.57. The van der Waals surface area contributed by atoms with Crippen LogP contribution in [0.3, 0.4) is 0 Å². The van der Waals surface area contributed by atoms with Crippen LogP contribution in [0.15, 0.2) is 24.4 Å². The quantitative estimate of drug-likeness (QED) is 0.483. The summed E-state index contributed by atoms with van der Waals surface area (Å²) in [6, 6.07) is 6.23. The average molecular weight is 404 g/mol. The number of ether oxygens (including phenoxy) is 2. The molecule has 0 saturated heterocycles. The molecule has 0 radical (unpaired) electrons. The molecule has 1 N–H and O–H groups in total. The zero-order valence-electron chi connectivity index (χ0n) is 17.5. The highest BCUT2D eigenvalue weighted by Crippen LogP contribution is 2.34. The highest BCUT2D eigenvalue weighted by Gasteiger charge is 2.18. The molecule has 0 fully saturated rings. The average Bonchev–Trinajstić information content (AvgIpc) is 3.36. The molecule has 3 aromatic heterocycles. The number of nitrogens with one attached hydrogen (secondary N) is 1. The van der Waals surface area contributed by atoms with Crippen molar-refractivity contribution in [1.29, 1.82) is 0 Å². The first-order chi connectivity index (χ1) is 14.5. The number of nitrogens with zero attached hydrogens (tertiary/aromatic N) is 5. The van der Waals surface area contributed by atoms with Crippen LogP contribution in [0.2, 0.25) is 0 Å². The monoisotopic (exact) mass is 404 g/mol. The normalized spacial score (nSPS) is 17.5. The molecule has 1 aromatic carbocycles. The highest BCUT2D eigenvalue weighted by atomic mass is 16.5. The largest absolute Gasteiger partial charge is 0.477 e. The van der Waals surface area contributed by atoms with Crippen molar-refractivity contribution in [1.82, 2.24) is 29.8 Å². The Kier molecular flexibility index (Phi) is 4.34. The van der Waals surface area contributed by atoms with Crippen LogP contribution >= 0.6 is 0 Å². The van der Waals surface area contributed by atoms with E-state index in [2.05, 4.69) is 32.5 Å². The number of H-pyrrole nitrogens is 1. The zero-order chi connectivity index (χ0) is 20.8. The van der Waals surface area contributed by atoms with Gasteiger partial charge in [0.15, 0.2) is 0 Å². The summed E-state index contributed by atoms with van der Waals surface area (Å²) in [5, 5.41) is 17.6. The summed E-state index contributed by atoms with van der Waals surface area (Å²) in [4.78, 5) is 0. The van der Waals surface area contributed by atoms with Crippen LogP contribution in [0.4, 0.5) is 0 Å². The third kappa shape index (κ3) is 3.04. The number of hydrogen-bond acceptors (Lipinski definition) is 5. The summed E-state index contributed by atoms with van der Waals surface area (Å²) in [5.74, 6) is 1.49. The molecule has 2 bridgehead atoms. The molecule has 4 aromatic rings. The minimum atomic E-state index is -0.0363. The standard InChI is InChI=1S/C22H24N6O2/c1-13-9-10-29-21-16(14(2)26-28(21)4)6-8-20-17-11-15(5-7-19(17)24-25-20)18-12-23-27(3)22(18)30-13/h5-8,11-13H,9-10H2,1-4H3,(H,24,25)/b8-6+/t13-/m0/s1. The van der Waals surface area contributed by atoms with Gasteiger partial charge in [-0.25, -0.2) is 9.36 Å². The van der Waals surface area contributed by atoms with Crippen LogP contribution in [0.5, 0.6) is 11.8 Å². The van der Waals surface area contributed by atoms with E-state index in [0.29, 0.717) is 6.61 Å². The Morgan fingerprint density at radius 3 is 2.87 bits per heavy atom. The molecule has 0 spiro atoms. The van der Waals surface area contributed by atoms with Crippen molar-refractivity contribution in [3.05, 3.63) is 41.3 Å². The summed E-state index contributed by atoms with van der Waals surface area (Å²) in [5.41, 5.74) is 5.70. The van der Waals surface area contributed by atoms with Gasteiger partial charge in [0, 0.05) is 25.9 Å². The van der Waals surface area contributed by atoms with Crippen molar-refractivity contribution < 1.29 is 9.47 Å². The van der Waals surface area contributed by atoms with Gasteiger partial charge in [0.05, 0.1) is 40.8 Å². The third-order valence-electron chi connectivity index (χ3n) is 5.49. The number of fused-ring (bicyclic) bond motifs is 4. The van der Waals surface area contributed by atoms with E-state index >= 15 is 0 Å². The Morgan fingerprint density at radius 2 is 2.00 bits per heavy atom. The van der Waals surface area contributed by atoms with Crippen molar-refractivity contribution >= 4 is 23.1 Å². The van der Waals surface area contributed by atoms with E-state index < -0.39 is 0 Å². The number of hydrogen-bond donors (Lipinski definition) is 1. The molecule has 4 heterocycles. The second-order valence-electron chi connectivity index (χ2n) is 7.68. The molecule has 8 nitrogen and oxygen atoms in total. The summed E-state index contributed by atoms with van der Waals surface area (Å²) in [7, 11) is 3.79. The van der Waals surface area contributed by atoms with Gasteiger partial charge in [0.1, 0.15) is 6.10 Å². The van der Waals surface area contributed by atoms with Crippen molar-refractivity contribution in [3.63, 3.8) is 0 Å². The molecule has 0 amide bonds. The van der Waals surface area contributed by atoms with Crippen LogP contribution in [0.25, 0.3) is 34.2 Å². The lowest BCUT2D eigenvalue weighted by Gasteiger charge is -2.17. The van der Waals surface area contributed by atoms with Gasteiger partial charge in [-0.2, -0.15) is 15.3 Å². The van der Waals surface area contributed by atoms with E-state index in [1.807, 2.05) is 52.4 Å². The first-order valence-corrected chi connectivity index (χ1v) is 10.0. The summed E-state index contributed by atoms with van der Waals surface area (Å²) in [6.45, 7) is 4.55. The molecule has 0 saturated carbocycles. The van der Waals surface area contributed by atoms with Gasteiger partial charge in [0.25, 0.3) is 0 Å². The number of aryl methyl sites for hydroxylation is 3. The maximum atomic E-state index is 6.27. The zero-order valence-corrected chi connectivity index (χ0v) is 17.5. The minimum absolute atomic E-state index is 0.0363. The van der Waals surface area contributed by atoms with Crippen LogP contribution in [-0.2, 0) is 14.1 Å². The Labute approximate surface area is 174 Å². The fourth-order valence-corrected chi connectivity index (χ4v) is 3.84.